The van der Waals surface area contributed by atoms with Crippen molar-refractivity contribution in [2.45, 2.75) is 18.6 Å². The van der Waals surface area contributed by atoms with Crippen molar-refractivity contribution >= 4 is 17.7 Å². The minimum absolute atomic E-state index is 0.114. The molecule has 0 radical (unpaired) electrons. The van der Waals surface area contributed by atoms with Crippen LogP contribution in [0.15, 0.2) is 24.3 Å². The Hall–Kier alpha value is -2.93. The molecule has 1 aromatic carbocycles. The van der Waals surface area contributed by atoms with Crippen LogP contribution in [0.25, 0.3) is 0 Å². The highest BCUT2D eigenvalue weighted by Gasteiger charge is 2.27. The molecule has 0 saturated heterocycles. The second-order valence-corrected chi connectivity index (χ2v) is 4.92. The lowest BCUT2D eigenvalue weighted by molar-refractivity contribution is -0.137. The third-order valence-electron chi connectivity index (χ3n) is 3.08. The molecule has 0 aliphatic heterocycles. The van der Waals surface area contributed by atoms with Crippen LogP contribution in [0.1, 0.15) is 22.3 Å². The molecule has 2 atom stereocenters. The van der Waals surface area contributed by atoms with E-state index < -0.39 is 29.9 Å². The largest absolute Gasteiger partial charge is 0.394 e. The predicted octanol–water partition coefficient (Wildman–Crippen LogP) is -1.87. The summed E-state index contributed by atoms with van der Waals surface area (Å²) in [7, 11) is 1.29. The van der Waals surface area contributed by atoms with E-state index in [0.717, 1.165) is 0 Å². The summed E-state index contributed by atoms with van der Waals surface area (Å²) in [4.78, 5) is 35.1. The van der Waals surface area contributed by atoms with Crippen LogP contribution in [0.5, 0.6) is 0 Å². The molecular weight excluding hydrogens is 330 g/mol. The fourth-order valence-corrected chi connectivity index (χ4v) is 1.71. The highest BCUT2D eigenvalue weighted by atomic mass is 16.5. The Labute approximate surface area is 144 Å². The van der Waals surface area contributed by atoms with E-state index in [1.807, 2.05) is 0 Å². The maximum atomic E-state index is 12.1. The molecule has 2 unspecified atom stereocenters. The van der Waals surface area contributed by atoms with Gasteiger partial charge in [-0.25, -0.2) is 5.48 Å². The summed E-state index contributed by atoms with van der Waals surface area (Å²) in [6.07, 6.45) is -0.792. The number of hydroxylamine groups is 1. The Bertz CT molecular complexity index is 661. The minimum Gasteiger partial charge on any atom is -0.394 e. The topological polar surface area (TPSA) is 148 Å². The van der Waals surface area contributed by atoms with E-state index in [4.69, 9.17) is 10.3 Å². The summed E-state index contributed by atoms with van der Waals surface area (Å²) < 4.78 is 0. The third kappa shape index (κ3) is 6.23. The standard InChI is InChI=1S/C16H19N3O6/c1-17-15(23)13(16(24)19-25)18-14(22)11-7-5-10(6-8-11)3-2-4-12(21)9-20/h5-8,12-13,20-21,25H,4,9H2,1H3,(H,17,23)(H,18,22)(H,19,24). The molecule has 6 N–H and O–H groups in total. The summed E-state index contributed by atoms with van der Waals surface area (Å²) in [5.74, 6) is 2.90. The summed E-state index contributed by atoms with van der Waals surface area (Å²) in [5.41, 5.74) is 2.07. The van der Waals surface area contributed by atoms with Gasteiger partial charge in [0.15, 0.2) is 6.04 Å². The van der Waals surface area contributed by atoms with Crippen molar-refractivity contribution in [3.63, 3.8) is 0 Å². The second-order valence-electron chi connectivity index (χ2n) is 4.92. The number of rotatable bonds is 6. The smallest absolute Gasteiger partial charge is 0.275 e. The second kappa shape index (κ2) is 10.0. The molecule has 1 rings (SSSR count). The number of likely N-dealkylation sites (N-methyl/N-ethyl adjacent to an activating group) is 1. The first-order valence-corrected chi connectivity index (χ1v) is 7.27. The van der Waals surface area contributed by atoms with Gasteiger partial charge in [0.1, 0.15) is 0 Å². The lowest BCUT2D eigenvalue weighted by Gasteiger charge is -2.15. The zero-order chi connectivity index (χ0) is 18.8. The molecule has 25 heavy (non-hydrogen) atoms. The average Bonchev–Trinajstić information content (AvgIpc) is 2.64. The van der Waals surface area contributed by atoms with E-state index in [9.17, 15) is 19.5 Å². The van der Waals surface area contributed by atoms with Crippen LogP contribution in [0.2, 0.25) is 0 Å². The van der Waals surface area contributed by atoms with E-state index in [1.54, 1.807) is 12.1 Å². The Balaban J connectivity index is 2.79. The van der Waals surface area contributed by atoms with Gasteiger partial charge in [-0.1, -0.05) is 11.8 Å². The number of nitrogens with one attached hydrogen (secondary N) is 3. The summed E-state index contributed by atoms with van der Waals surface area (Å²) in [5, 5.41) is 30.9. The zero-order valence-electron chi connectivity index (χ0n) is 13.4. The SMILES string of the molecule is CNC(=O)C(NC(=O)c1ccc(C#CCC(O)CO)cc1)C(=O)NO. The summed E-state index contributed by atoms with van der Waals surface area (Å²) in [6, 6.07) is 4.41. The third-order valence-corrected chi connectivity index (χ3v) is 3.08. The van der Waals surface area contributed by atoms with Gasteiger partial charge in [0.05, 0.1) is 12.7 Å². The van der Waals surface area contributed by atoms with Gasteiger partial charge in [0.25, 0.3) is 17.7 Å². The highest BCUT2D eigenvalue weighted by Crippen LogP contribution is 2.04. The van der Waals surface area contributed by atoms with Crippen LogP contribution < -0.4 is 16.1 Å². The highest BCUT2D eigenvalue weighted by molar-refractivity contribution is 6.08. The first-order valence-electron chi connectivity index (χ1n) is 7.27. The van der Waals surface area contributed by atoms with E-state index in [0.29, 0.717) is 5.56 Å². The number of carbonyl (C=O) groups is 3. The van der Waals surface area contributed by atoms with Gasteiger partial charge >= 0.3 is 0 Å². The fraction of sp³-hybridized carbons (Fsp3) is 0.312. The molecule has 9 nitrogen and oxygen atoms in total. The van der Waals surface area contributed by atoms with Gasteiger partial charge in [0, 0.05) is 24.6 Å². The Morgan fingerprint density at radius 3 is 2.32 bits per heavy atom. The Morgan fingerprint density at radius 1 is 1.16 bits per heavy atom. The van der Waals surface area contributed by atoms with Crippen molar-refractivity contribution in [3.8, 4) is 11.8 Å². The normalized spacial score (nSPS) is 12.2. The predicted molar refractivity (Wildman–Crippen MR) is 86.3 cm³/mol. The Kier molecular flexibility index (Phi) is 8.08. The molecule has 0 fully saturated rings. The number of carbonyl (C=O) groups excluding carboxylic acids is 3. The number of hydrogen-bond donors (Lipinski definition) is 6. The number of amides is 3. The van der Waals surface area contributed by atoms with Gasteiger partial charge in [0.2, 0.25) is 0 Å². The number of aliphatic hydroxyl groups is 2. The molecule has 0 saturated carbocycles. The molecule has 0 spiro atoms. The average molecular weight is 349 g/mol. The molecule has 9 heteroatoms. The van der Waals surface area contributed by atoms with Crippen molar-refractivity contribution in [2.24, 2.45) is 0 Å². The van der Waals surface area contributed by atoms with Crippen LogP contribution in [0.3, 0.4) is 0 Å². The van der Waals surface area contributed by atoms with Crippen LogP contribution in [-0.2, 0) is 9.59 Å². The molecule has 3 amide bonds. The maximum Gasteiger partial charge on any atom is 0.275 e. The van der Waals surface area contributed by atoms with Crippen LogP contribution in [0.4, 0.5) is 0 Å². The van der Waals surface area contributed by atoms with Gasteiger partial charge < -0.3 is 20.8 Å². The van der Waals surface area contributed by atoms with Gasteiger partial charge in [-0.3, -0.25) is 19.6 Å². The molecule has 0 aliphatic rings. The van der Waals surface area contributed by atoms with Gasteiger partial charge in [-0.2, -0.15) is 0 Å². The van der Waals surface area contributed by atoms with Crippen LogP contribution in [0, 0.1) is 11.8 Å². The lowest BCUT2D eigenvalue weighted by Crippen LogP contribution is -2.54. The van der Waals surface area contributed by atoms with Crippen LogP contribution >= 0.6 is 0 Å². The first kappa shape index (κ1) is 20.1. The molecular formula is C16H19N3O6. The molecule has 134 valence electrons. The maximum absolute atomic E-state index is 12.1. The van der Waals surface area contributed by atoms with Gasteiger partial charge in [-0.05, 0) is 24.3 Å². The van der Waals surface area contributed by atoms with E-state index in [1.165, 1.54) is 24.7 Å². The number of hydrogen-bond acceptors (Lipinski definition) is 6. The monoisotopic (exact) mass is 349 g/mol. The molecule has 0 heterocycles. The lowest BCUT2D eigenvalue weighted by atomic mass is 10.1. The van der Waals surface area contributed by atoms with E-state index >= 15 is 0 Å². The zero-order valence-corrected chi connectivity index (χ0v) is 13.4. The molecule has 0 aliphatic carbocycles. The fourth-order valence-electron chi connectivity index (χ4n) is 1.71. The summed E-state index contributed by atoms with van der Waals surface area (Å²) >= 11 is 0. The van der Waals surface area contributed by atoms with Crippen molar-refractivity contribution in [1.82, 2.24) is 16.1 Å². The number of aliphatic hydroxyl groups excluding tert-OH is 2. The van der Waals surface area contributed by atoms with Crippen molar-refractivity contribution < 1.29 is 29.8 Å². The van der Waals surface area contributed by atoms with Gasteiger partial charge in [-0.15, -0.1) is 0 Å². The molecule has 1 aromatic rings. The van der Waals surface area contributed by atoms with Crippen molar-refractivity contribution in [3.05, 3.63) is 35.4 Å². The van der Waals surface area contributed by atoms with E-state index in [-0.39, 0.29) is 18.6 Å². The first-order chi connectivity index (χ1) is 11.9. The summed E-state index contributed by atoms with van der Waals surface area (Å²) in [6.45, 7) is -0.373. The number of benzene rings is 1. The van der Waals surface area contributed by atoms with Crippen LogP contribution in [-0.4, -0.2) is 58.9 Å². The quantitative estimate of drug-likeness (QED) is 0.153. The minimum atomic E-state index is -1.58. The van der Waals surface area contributed by atoms with Crippen molar-refractivity contribution in [2.75, 3.05) is 13.7 Å². The Morgan fingerprint density at radius 2 is 1.80 bits per heavy atom. The van der Waals surface area contributed by atoms with E-state index in [2.05, 4.69) is 22.5 Å². The molecule has 0 aromatic heterocycles. The molecule has 0 bridgehead atoms. The van der Waals surface area contributed by atoms with Crippen molar-refractivity contribution in [1.29, 1.82) is 0 Å².